The van der Waals surface area contributed by atoms with Gasteiger partial charge in [-0.15, -0.1) is 11.3 Å². The third kappa shape index (κ3) is 6.33. The number of guanidine groups is 1. The summed E-state index contributed by atoms with van der Waals surface area (Å²) in [6.07, 6.45) is 2.05. The third-order valence-electron chi connectivity index (χ3n) is 2.69. The van der Waals surface area contributed by atoms with Crippen LogP contribution in [-0.2, 0) is 16.3 Å². The van der Waals surface area contributed by atoms with Gasteiger partial charge in [-0.25, -0.2) is 13.4 Å². The fourth-order valence-electron chi connectivity index (χ4n) is 1.51. The van der Waals surface area contributed by atoms with Crippen LogP contribution in [0.5, 0.6) is 0 Å². The van der Waals surface area contributed by atoms with Crippen molar-refractivity contribution in [3.63, 3.8) is 0 Å². The Hall–Kier alpha value is -1.15. The molecular weight excluding hydrogens is 296 g/mol. The highest BCUT2D eigenvalue weighted by Crippen LogP contribution is 2.16. The summed E-state index contributed by atoms with van der Waals surface area (Å²) in [5, 5.41) is 7.21. The Labute approximate surface area is 124 Å². The van der Waals surface area contributed by atoms with Crippen LogP contribution in [-0.4, -0.2) is 51.5 Å². The summed E-state index contributed by atoms with van der Waals surface area (Å²) >= 11 is 1.70. The van der Waals surface area contributed by atoms with E-state index in [9.17, 15) is 8.42 Å². The molecule has 0 aliphatic heterocycles. The Morgan fingerprint density at radius 1 is 1.30 bits per heavy atom. The minimum Gasteiger partial charge on any atom is -0.356 e. The van der Waals surface area contributed by atoms with Crippen LogP contribution in [0, 0.1) is 13.8 Å². The van der Waals surface area contributed by atoms with Crippen LogP contribution in [0.1, 0.15) is 15.6 Å². The minimum atomic E-state index is -2.95. The predicted molar refractivity (Wildman–Crippen MR) is 84.4 cm³/mol. The highest BCUT2D eigenvalue weighted by atomic mass is 32.2. The van der Waals surface area contributed by atoms with E-state index < -0.39 is 9.84 Å². The molecule has 0 aromatic carbocycles. The highest BCUT2D eigenvalue weighted by Gasteiger charge is 2.05. The first-order valence-electron chi connectivity index (χ1n) is 6.37. The van der Waals surface area contributed by atoms with Gasteiger partial charge in [0, 0.05) is 37.7 Å². The first-order valence-corrected chi connectivity index (χ1v) is 9.24. The molecule has 0 aliphatic rings. The van der Waals surface area contributed by atoms with Crippen molar-refractivity contribution in [3.8, 4) is 0 Å². The van der Waals surface area contributed by atoms with Crippen molar-refractivity contribution in [3.05, 3.63) is 15.6 Å². The summed E-state index contributed by atoms with van der Waals surface area (Å²) in [6.45, 7) is 5.14. The lowest BCUT2D eigenvalue weighted by atomic mass is 10.4. The van der Waals surface area contributed by atoms with Gasteiger partial charge in [0.1, 0.15) is 9.84 Å². The maximum atomic E-state index is 11.0. The molecule has 0 unspecified atom stereocenters. The van der Waals surface area contributed by atoms with E-state index in [-0.39, 0.29) is 5.75 Å². The highest BCUT2D eigenvalue weighted by molar-refractivity contribution is 7.90. The molecule has 2 N–H and O–H groups in total. The average molecular weight is 318 g/mol. The van der Waals surface area contributed by atoms with E-state index in [1.165, 1.54) is 11.1 Å². The molecule has 0 atom stereocenters. The Balaban J connectivity index is 2.31. The lowest BCUT2D eigenvalue weighted by Crippen LogP contribution is -2.40. The Kier molecular flexibility index (Phi) is 6.41. The SMILES string of the molecule is CN=C(NCCc1nc(C)c(C)s1)NCCS(C)(=O)=O. The molecule has 0 amide bonds. The Bertz CT molecular complexity index is 545. The second-order valence-corrected chi connectivity index (χ2v) is 8.10. The summed E-state index contributed by atoms with van der Waals surface area (Å²) in [6, 6.07) is 0. The lowest BCUT2D eigenvalue weighted by molar-refractivity contribution is 0.600. The van der Waals surface area contributed by atoms with E-state index in [4.69, 9.17) is 0 Å². The molecule has 8 heteroatoms. The largest absolute Gasteiger partial charge is 0.356 e. The number of thiazole rings is 1. The van der Waals surface area contributed by atoms with Gasteiger partial charge in [-0.05, 0) is 13.8 Å². The summed E-state index contributed by atoms with van der Waals surface area (Å²) in [7, 11) is -1.29. The number of nitrogens with zero attached hydrogens (tertiary/aromatic N) is 2. The van der Waals surface area contributed by atoms with Crippen LogP contribution in [0.4, 0.5) is 0 Å². The van der Waals surface area contributed by atoms with Crippen molar-refractivity contribution < 1.29 is 8.42 Å². The lowest BCUT2D eigenvalue weighted by Gasteiger charge is -2.10. The third-order valence-corrected chi connectivity index (χ3v) is 4.77. The molecule has 0 saturated carbocycles. The fourth-order valence-corrected chi connectivity index (χ4v) is 2.92. The van der Waals surface area contributed by atoms with Crippen LogP contribution in [0.2, 0.25) is 0 Å². The normalized spacial score (nSPS) is 12.5. The quantitative estimate of drug-likeness (QED) is 0.590. The van der Waals surface area contributed by atoms with Gasteiger partial charge in [-0.2, -0.15) is 0 Å². The Morgan fingerprint density at radius 2 is 1.95 bits per heavy atom. The van der Waals surface area contributed by atoms with Crippen LogP contribution in [0.15, 0.2) is 4.99 Å². The Morgan fingerprint density at radius 3 is 2.45 bits per heavy atom. The van der Waals surface area contributed by atoms with E-state index in [0.717, 1.165) is 17.1 Å². The smallest absolute Gasteiger partial charge is 0.191 e. The minimum absolute atomic E-state index is 0.0958. The fraction of sp³-hybridized carbons (Fsp3) is 0.667. The van der Waals surface area contributed by atoms with E-state index in [0.29, 0.717) is 19.0 Å². The number of aliphatic imine (C=N–C) groups is 1. The number of hydrogen-bond acceptors (Lipinski definition) is 5. The molecule has 0 bridgehead atoms. The van der Waals surface area contributed by atoms with Gasteiger partial charge in [0.05, 0.1) is 16.5 Å². The van der Waals surface area contributed by atoms with Gasteiger partial charge in [0.2, 0.25) is 0 Å². The monoisotopic (exact) mass is 318 g/mol. The topological polar surface area (TPSA) is 83.4 Å². The van der Waals surface area contributed by atoms with Crippen LogP contribution >= 0.6 is 11.3 Å². The zero-order chi connectivity index (χ0) is 15.2. The molecule has 0 spiro atoms. The van der Waals surface area contributed by atoms with E-state index in [2.05, 4.69) is 27.5 Å². The predicted octanol–water partition coefficient (Wildman–Crippen LogP) is 0.512. The molecule has 0 aliphatic carbocycles. The zero-order valence-corrected chi connectivity index (χ0v) is 14.0. The molecule has 20 heavy (non-hydrogen) atoms. The molecule has 0 fully saturated rings. The van der Waals surface area contributed by atoms with Crippen molar-refractivity contribution in [2.75, 3.05) is 32.1 Å². The van der Waals surface area contributed by atoms with Crippen molar-refractivity contribution in [1.29, 1.82) is 0 Å². The number of rotatable bonds is 6. The molecule has 1 aromatic rings. The molecule has 1 aromatic heterocycles. The summed E-state index contributed by atoms with van der Waals surface area (Å²) in [5.74, 6) is 0.706. The standard InChI is InChI=1S/C12H22N4O2S2/c1-9-10(2)19-11(16-9)5-6-14-12(13-3)15-7-8-20(4,17)18/h5-8H2,1-4H3,(H2,13,14,15). The number of sulfone groups is 1. The van der Waals surface area contributed by atoms with Crippen molar-refractivity contribution >= 4 is 27.1 Å². The zero-order valence-electron chi connectivity index (χ0n) is 12.4. The van der Waals surface area contributed by atoms with Crippen LogP contribution < -0.4 is 10.6 Å². The molecule has 1 rings (SSSR count). The summed E-state index contributed by atoms with van der Waals surface area (Å²) in [5.41, 5.74) is 1.08. The number of aryl methyl sites for hydroxylation is 2. The summed E-state index contributed by atoms with van der Waals surface area (Å²) < 4.78 is 22.1. The molecule has 0 radical (unpaired) electrons. The second kappa shape index (κ2) is 7.58. The maximum absolute atomic E-state index is 11.0. The van der Waals surface area contributed by atoms with Gasteiger partial charge in [-0.1, -0.05) is 0 Å². The number of hydrogen-bond donors (Lipinski definition) is 2. The van der Waals surface area contributed by atoms with Gasteiger partial charge in [-0.3, -0.25) is 4.99 Å². The van der Waals surface area contributed by atoms with Gasteiger partial charge in [0.15, 0.2) is 5.96 Å². The van der Waals surface area contributed by atoms with Gasteiger partial charge in [0.25, 0.3) is 0 Å². The second-order valence-electron chi connectivity index (χ2n) is 4.55. The van der Waals surface area contributed by atoms with Crippen molar-refractivity contribution in [1.82, 2.24) is 15.6 Å². The molecule has 1 heterocycles. The molecule has 114 valence electrons. The van der Waals surface area contributed by atoms with E-state index in [1.54, 1.807) is 18.4 Å². The van der Waals surface area contributed by atoms with Gasteiger partial charge >= 0.3 is 0 Å². The maximum Gasteiger partial charge on any atom is 0.191 e. The first kappa shape index (κ1) is 16.9. The van der Waals surface area contributed by atoms with Crippen LogP contribution in [0.3, 0.4) is 0 Å². The van der Waals surface area contributed by atoms with Crippen LogP contribution in [0.25, 0.3) is 0 Å². The number of nitrogens with one attached hydrogen (secondary N) is 2. The first-order chi connectivity index (χ1) is 9.31. The van der Waals surface area contributed by atoms with Crippen molar-refractivity contribution in [2.45, 2.75) is 20.3 Å². The van der Waals surface area contributed by atoms with Gasteiger partial charge < -0.3 is 10.6 Å². The van der Waals surface area contributed by atoms with E-state index in [1.807, 2.05) is 6.92 Å². The summed E-state index contributed by atoms with van der Waals surface area (Å²) in [4.78, 5) is 9.76. The average Bonchev–Trinajstić information content (AvgIpc) is 2.65. The van der Waals surface area contributed by atoms with E-state index >= 15 is 0 Å². The molecule has 6 nitrogen and oxygen atoms in total. The number of aromatic nitrogens is 1. The molecular formula is C12H22N4O2S2. The molecule has 0 saturated heterocycles. The van der Waals surface area contributed by atoms with Crippen molar-refractivity contribution in [2.24, 2.45) is 4.99 Å².